The van der Waals surface area contributed by atoms with E-state index in [1.807, 2.05) is 0 Å². The first-order chi connectivity index (χ1) is 8.98. The Morgan fingerprint density at radius 2 is 1.95 bits per heavy atom. The monoisotopic (exact) mass is 296 g/mol. The molecular formula is C13H16N2O2S2. The highest BCUT2D eigenvalue weighted by atomic mass is 32.2. The third kappa shape index (κ3) is 2.17. The first-order valence-corrected chi connectivity index (χ1v) is 8.25. The minimum absolute atomic E-state index is 0.199. The van der Waals surface area contributed by atoms with Gasteiger partial charge in [-0.1, -0.05) is 24.4 Å². The zero-order chi connectivity index (χ0) is 13.6. The average Bonchev–Trinajstić information content (AvgIpc) is 3.01. The van der Waals surface area contributed by atoms with Gasteiger partial charge < -0.3 is 5.73 Å². The van der Waals surface area contributed by atoms with Gasteiger partial charge in [0.15, 0.2) is 0 Å². The van der Waals surface area contributed by atoms with Gasteiger partial charge in [0.2, 0.25) is 10.0 Å². The predicted octanol–water partition coefficient (Wildman–Crippen LogP) is 1.49. The molecule has 2 aliphatic rings. The van der Waals surface area contributed by atoms with Crippen LogP contribution in [0.1, 0.15) is 24.8 Å². The highest BCUT2D eigenvalue weighted by molar-refractivity contribution is 7.89. The van der Waals surface area contributed by atoms with E-state index in [-0.39, 0.29) is 11.0 Å². The molecule has 2 unspecified atom stereocenters. The number of piperidine rings is 1. The maximum atomic E-state index is 12.6. The van der Waals surface area contributed by atoms with Gasteiger partial charge in [-0.05, 0) is 37.3 Å². The fourth-order valence-electron chi connectivity index (χ4n) is 3.10. The fraction of sp³-hybridized carbons (Fsp3) is 0.462. The van der Waals surface area contributed by atoms with Gasteiger partial charge in [-0.3, -0.25) is 0 Å². The molecule has 2 atom stereocenters. The van der Waals surface area contributed by atoms with Gasteiger partial charge in [0, 0.05) is 18.2 Å². The van der Waals surface area contributed by atoms with Crippen molar-refractivity contribution in [2.24, 2.45) is 11.7 Å². The Balaban J connectivity index is 1.90. The first-order valence-electron chi connectivity index (χ1n) is 6.40. The van der Waals surface area contributed by atoms with E-state index in [0.717, 1.165) is 19.3 Å². The number of nitrogens with two attached hydrogens (primary N) is 1. The number of rotatable bonds is 3. The van der Waals surface area contributed by atoms with Crippen molar-refractivity contribution in [3.8, 4) is 0 Å². The summed E-state index contributed by atoms with van der Waals surface area (Å²) in [4.78, 5) is 0.615. The molecule has 102 valence electrons. The summed E-state index contributed by atoms with van der Waals surface area (Å²) in [6.07, 6.45) is 3.18. The van der Waals surface area contributed by atoms with Crippen LogP contribution < -0.4 is 5.73 Å². The largest absolute Gasteiger partial charge is 0.389 e. The van der Waals surface area contributed by atoms with Crippen molar-refractivity contribution < 1.29 is 8.42 Å². The van der Waals surface area contributed by atoms with Crippen molar-refractivity contribution in [3.63, 3.8) is 0 Å². The SMILES string of the molecule is NC(=S)c1ccc(S(=O)(=O)N2CC3CCC2C3)cc1. The molecule has 1 saturated heterocycles. The van der Waals surface area contributed by atoms with Crippen LogP contribution in [-0.2, 0) is 10.0 Å². The minimum atomic E-state index is -3.36. The van der Waals surface area contributed by atoms with Crippen molar-refractivity contribution in [1.82, 2.24) is 4.31 Å². The fourth-order valence-corrected chi connectivity index (χ4v) is 4.98. The van der Waals surface area contributed by atoms with Crippen LogP contribution in [0.4, 0.5) is 0 Å². The molecule has 3 rings (SSSR count). The Kier molecular flexibility index (Phi) is 3.11. The molecule has 4 nitrogen and oxygen atoms in total. The van der Waals surface area contributed by atoms with Crippen molar-refractivity contribution in [1.29, 1.82) is 0 Å². The summed E-state index contributed by atoms with van der Waals surface area (Å²) < 4.78 is 26.8. The molecule has 2 fully saturated rings. The minimum Gasteiger partial charge on any atom is -0.389 e. The molecule has 1 aromatic rings. The van der Waals surface area contributed by atoms with Gasteiger partial charge in [-0.25, -0.2) is 8.42 Å². The third-order valence-corrected chi connectivity index (χ3v) is 6.27. The van der Waals surface area contributed by atoms with Crippen molar-refractivity contribution in [2.75, 3.05) is 6.54 Å². The number of nitrogens with zero attached hydrogens (tertiary/aromatic N) is 1. The summed E-state index contributed by atoms with van der Waals surface area (Å²) >= 11 is 4.87. The van der Waals surface area contributed by atoms with E-state index in [0.29, 0.717) is 22.9 Å². The molecule has 1 aromatic carbocycles. The molecule has 6 heteroatoms. The van der Waals surface area contributed by atoms with Crippen LogP contribution in [0.3, 0.4) is 0 Å². The van der Waals surface area contributed by atoms with E-state index in [1.54, 1.807) is 28.6 Å². The number of hydrogen-bond acceptors (Lipinski definition) is 3. The molecule has 0 amide bonds. The Morgan fingerprint density at radius 1 is 1.26 bits per heavy atom. The topological polar surface area (TPSA) is 63.4 Å². The van der Waals surface area contributed by atoms with Gasteiger partial charge in [0.05, 0.1) is 4.90 Å². The zero-order valence-electron chi connectivity index (χ0n) is 10.5. The van der Waals surface area contributed by atoms with Gasteiger partial charge in [-0.2, -0.15) is 4.31 Å². The summed E-state index contributed by atoms with van der Waals surface area (Å²) in [6, 6.07) is 6.73. The maximum absolute atomic E-state index is 12.6. The highest BCUT2D eigenvalue weighted by Gasteiger charge is 2.44. The Morgan fingerprint density at radius 3 is 2.42 bits per heavy atom. The lowest BCUT2D eigenvalue weighted by Crippen LogP contribution is -2.37. The number of benzene rings is 1. The van der Waals surface area contributed by atoms with Crippen molar-refractivity contribution >= 4 is 27.2 Å². The van der Waals surface area contributed by atoms with Gasteiger partial charge in [0.25, 0.3) is 0 Å². The van der Waals surface area contributed by atoms with E-state index in [9.17, 15) is 8.42 Å². The van der Waals surface area contributed by atoms with Crippen LogP contribution in [0, 0.1) is 5.92 Å². The molecule has 1 saturated carbocycles. The molecule has 0 spiro atoms. The van der Waals surface area contributed by atoms with E-state index >= 15 is 0 Å². The molecule has 1 aliphatic heterocycles. The standard InChI is InChI=1S/C13H16N2O2S2/c14-13(18)10-2-5-12(6-3-10)19(16,17)15-8-9-1-4-11(15)7-9/h2-3,5-6,9,11H,1,4,7-8H2,(H2,14,18). The van der Waals surface area contributed by atoms with Crippen LogP contribution in [0.5, 0.6) is 0 Å². The van der Waals surface area contributed by atoms with Gasteiger partial charge in [-0.15, -0.1) is 0 Å². The van der Waals surface area contributed by atoms with E-state index < -0.39 is 10.0 Å². The van der Waals surface area contributed by atoms with Gasteiger partial charge in [0.1, 0.15) is 4.99 Å². The smallest absolute Gasteiger partial charge is 0.243 e. The highest BCUT2D eigenvalue weighted by Crippen LogP contribution is 2.40. The third-order valence-electron chi connectivity index (χ3n) is 4.10. The molecule has 2 N–H and O–H groups in total. The van der Waals surface area contributed by atoms with Crippen molar-refractivity contribution in [3.05, 3.63) is 29.8 Å². The van der Waals surface area contributed by atoms with Crippen LogP contribution in [0.15, 0.2) is 29.2 Å². The molecular weight excluding hydrogens is 280 g/mol. The number of thiocarbonyl (C=S) groups is 1. The zero-order valence-corrected chi connectivity index (χ0v) is 12.1. The van der Waals surface area contributed by atoms with Crippen LogP contribution in [0.25, 0.3) is 0 Å². The second kappa shape index (κ2) is 4.54. The molecule has 1 aliphatic carbocycles. The van der Waals surface area contributed by atoms with E-state index in [2.05, 4.69) is 0 Å². The summed E-state index contributed by atoms with van der Waals surface area (Å²) in [6.45, 7) is 0.671. The number of fused-ring (bicyclic) bond motifs is 2. The maximum Gasteiger partial charge on any atom is 0.243 e. The first kappa shape index (κ1) is 13.0. The average molecular weight is 296 g/mol. The van der Waals surface area contributed by atoms with Crippen LogP contribution >= 0.6 is 12.2 Å². The second-order valence-corrected chi connectivity index (χ2v) is 7.63. The summed E-state index contributed by atoms with van der Waals surface area (Å²) in [5.74, 6) is 0.552. The normalized spacial score (nSPS) is 26.7. The molecule has 1 heterocycles. The van der Waals surface area contributed by atoms with E-state index in [1.165, 1.54) is 0 Å². The van der Waals surface area contributed by atoms with Crippen LogP contribution in [0.2, 0.25) is 0 Å². The summed E-state index contributed by atoms with van der Waals surface area (Å²) in [5, 5.41) is 0. The van der Waals surface area contributed by atoms with Gasteiger partial charge >= 0.3 is 0 Å². The lowest BCUT2D eigenvalue weighted by Gasteiger charge is -2.26. The summed E-state index contributed by atoms with van der Waals surface area (Å²) in [5.41, 5.74) is 6.21. The van der Waals surface area contributed by atoms with Crippen molar-refractivity contribution in [2.45, 2.75) is 30.2 Å². The Bertz CT molecular complexity index is 610. The quantitative estimate of drug-likeness (QED) is 0.859. The Labute approximate surface area is 118 Å². The number of sulfonamides is 1. The second-order valence-electron chi connectivity index (χ2n) is 5.30. The molecule has 0 radical (unpaired) electrons. The molecule has 19 heavy (non-hydrogen) atoms. The lowest BCUT2D eigenvalue weighted by molar-refractivity contribution is 0.333. The number of hydrogen-bond donors (Lipinski definition) is 1. The van der Waals surface area contributed by atoms with E-state index in [4.69, 9.17) is 18.0 Å². The van der Waals surface area contributed by atoms with Crippen LogP contribution in [-0.4, -0.2) is 30.3 Å². The lowest BCUT2D eigenvalue weighted by atomic mass is 10.1. The molecule has 2 bridgehead atoms. The molecule has 0 aromatic heterocycles. The Hall–Kier alpha value is -0.980. The summed E-state index contributed by atoms with van der Waals surface area (Å²) in [7, 11) is -3.36. The predicted molar refractivity (Wildman–Crippen MR) is 77.4 cm³/mol.